The van der Waals surface area contributed by atoms with E-state index < -0.39 is 0 Å². The van der Waals surface area contributed by atoms with E-state index >= 15 is 0 Å². The zero-order chi connectivity index (χ0) is 11.3. The Kier molecular flexibility index (Phi) is 4.19. The molecule has 4 heteroatoms. The number of hydrogen-bond donors (Lipinski definition) is 0. The summed E-state index contributed by atoms with van der Waals surface area (Å²) in [5, 5.41) is 8.27. The molecule has 1 heterocycles. The summed E-state index contributed by atoms with van der Waals surface area (Å²) in [6, 6.07) is 5.44. The maximum absolute atomic E-state index is 11.5. The molecule has 0 saturated heterocycles. The first-order valence-electron chi connectivity index (χ1n) is 4.62. The quantitative estimate of drug-likeness (QED) is 0.718. The van der Waals surface area contributed by atoms with E-state index in [4.69, 9.17) is 5.26 Å². The lowest BCUT2D eigenvalue weighted by atomic mass is 10.1. The molecule has 0 saturated carbocycles. The van der Waals surface area contributed by atoms with Gasteiger partial charge in [-0.15, -0.1) is 11.3 Å². The number of carbonyl (C=O) groups excluding carboxylic acids is 2. The van der Waals surface area contributed by atoms with Crippen molar-refractivity contribution in [3.05, 3.63) is 21.9 Å². The summed E-state index contributed by atoms with van der Waals surface area (Å²) in [7, 11) is 0. The van der Waals surface area contributed by atoms with Gasteiger partial charge in [0.05, 0.1) is 17.4 Å². The normalized spacial score (nSPS) is 9.60. The van der Waals surface area contributed by atoms with Crippen molar-refractivity contribution in [2.45, 2.75) is 26.2 Å². The van der Waals surface area contributed by atoms with E-state index in [-0.39, 0.29) is 30.8 Å². The minimum atomic E-state index is -0.167. The molecule has 0 aliphatic heterocycles. The van der Waals surface area contributed by atoms with E-state index in [9.17, 15) is 9.59 Å². The van der Waals surface area contributed by atoms with Crippen LogP contribution in [0.25, 0.3) is 0 Å². The molecule has 1 rings (SSSR count). The molecule has 0 aromatic carbocycles. The first-order chi connectivity index (χ1) is 7.13. The van der Waals surface area contributed by atoms with E-state index in [1.54, 1.807) is 12.1 Å². The Balaban J connectivity index is 2.44. The monoisotopic (exact) mass is 221 g/mol. The molecule has 0 aliphatic carbocycles. The van der Waals surface area contributed by atoms with Gasteiger partial charge < -0.3 is 0 Å². The number of carbonyl (C=O) groups is 2. The summed E-state index contributed by atoms with van der Waals surface area (Å²) < 4.78 is 0. The summed E-state index contributed by atoms with van der Waals surface area (Å²) in [6.45, 7) is 1.93. The molecule has 0 aliphatic rings. The molecule has 0 radical (unpaired) electrons. The molecule has 1 aromatic rings. The van der Waals surface area contributed by atoms with Crippen LogP contribution in [0.1, 0.15) is 33.8 Å². The van der Waals surface area contributed by atoms with Gasteiger partial charge in [-0.3, -0.25) is 9.59 Å². The fraction of sp³-hybridized carbons (Fsp3) is 0.364. The van der Waals surface area contributed by atoms with Crippen LogP contribution in [0, 0.1) is 18.3 Å². The number of aryl methyl sites for hydroxylation is 1. The van der Waals surface area contributed by atoms with Gasteiger partial charge in [-0.05, 0) is 19.1 Å². The average molecular weight is 221 g/mol. The minimum Gasteiger partial charge on any atom is -0.299 e. The van der Waals surface area contributed by atoms with E-state index in [0.717, 1.165) is 4.88 Å². The molecule has 3 nitrogen and oxygen atoms in total. The Morgan fingerprint density at radius 3 is 2.67 bits per heavy atom. The van der Waals surface area contributed by atoms with Crippen molar-refractivity contribution in [1.82, 2.24) is 0 Å². The molecule has 0 fully saturated rings. The number of nitrogens with zero attached hydrogens (tertiary/aromatic N) is 1. The van der Waals surface area contributed by atoms with Crippen molar-refractivity contribution in [2.75, 3.05) is 0 Å². The second kappa shape index (κ2) is 5.42. The molecule has 0 atom stereocenters. The van der Waals surface area contributed by atoms with Gasteiger partial charge in [0.1, 0.15) is 5.78 Å². The zero-order valence-electron chi connectivity index (χ0n) is 8.45. The molecular weight excluding hydrogens is 210 g/mol. The number of nitriles is 1. The van der Waals surface area contributed by atoms with E-state index in [0.29, 0.717) is 4.88 Å². The van der Waals surface area contributed by atoms with Gasteiger partial charge in [0.15, 0.2) is 5.78 Å². The molecule has 1 aromatic heterocycles. The molecule has 78 valence electrons. The van der Waals surface area contributed by atoms with Crippen LogP contribution in [0.4, 0.5) is 0 Å². The van der Waals surface area contributed by atoms with Crippen LogP contribution in [0.5, 0.6) is 0 Å². The predicted octanol–water partition coefficient (Wildman–Crippen LogP) is 2.50. The molecule has 0 spiro atoms. The highest BCUT2D eigenvalue weighted by atomic mass is 32.1. The van der Waals surface area contributed by atoms with E-state index in [2.05, 4.69) is 0 Å². The lowest BCUT2D eigenvalue weighted by molar-refractivity contribution is -0.118. The van der Waals surface area contributed by atoms with E-state index in [1.807, 2.05) is 13.0 Å². The highest BCUT2D eigenvalue weighted by Crippen LogP contribution is 2.17. The van der Waals surface area contributed by atoms with Crippen LogP contribution in [0.3, 0.4) is 0 Å². The lowest BCUT2D eigenvalue weighted by Gasteiger charge is -1.95. The van der Waals surface area contributed by atoms with Crippen LogP contribution in [0.2, 0.25) is 0 Å². The Morgan fingerprint density at radius 1 is 1.40 bits per heavy atom. The van der Waals surface area contributed by atoms with Crippen molar-refractivity contribution < 1.29 is 9.59 Å². The van der Waals surface area contributed by atoms with Crippen LogP contribution in [-0.4, -0.2) is 11.6 Å². The molecule has 0 N–H and O–H groups in total. The summed E-state index contributed by atoms with van der Waals surface area (Å²) in [5.41, 5.74) is 0. The molecule has 15 heavy (non-hydrogen) atoms. The number of thiophene rings is 1. The van der Waals surface area contributed by atoms with E-state index in [1.165, 1.54) is 11.3 Å². The second-order valence-electron chi connectivity index (χ2n) is 3.21. The van der Waals surface area contributed by atoms with Crippen LogP contribution in [-0.2, 0) is 4.79 Å². The third-order valence-electron chi connectivity index (χ3n) is 1.92. The van der Waals surface area contributed by atoms with Crippen molar-refractivity contribution in [3.63, 3.8) is 0 Å². The topological polar surface area (TPSA) is 57.9 Å². The smallest absolute Gasteiger partial charge is 0.173 e. The van der Waals surface area contributed by atoms with Gasteiger partial charge >= 0.3 is 0 Å². The number of Topliss-reactive ketones (excluding diaryl/α,β-unsaturated/α-hetero) is 2. The molecule has 0 amide bonds. The predicted molar refractivity (Wildman–Crippen MR) is 57.9 cm³/mol. The first-order valence-corrected chi connectivity index (χ1v) is 5.43. The van der Waals surface area contributed by atoms with Crippen LogP contribution < -0.4 is 0 Å². The van der Waals surface area contributed by atoms with Crippen LogP contribution >= 0.6 is 11.3 Å². The average Bonchev–Trinajstić information content (AvgIpc) is 2.62. The lowest BCUT2D eigenvalue weighted by Crippen LogP contribution is -2.02. The molecule has 0 unspecified atom stereocenters. The standard InChI is InChI=1S/C11H11NO2S/c1-8-2-5-11(15-8)10(14)4-3-9(13)6-7-12/h2,5H,3-4,6H2,1H3. The number of rotatable bonds is 5. The Labute approximate surface area is 92.3 Å². The summed E-state index contributed by atoms with van der Waals surface area (Å²) in [6.07, 6.45) is 0.278. The van der Waals surface area contributed by atoms with Gasteiger partial charge in [-0.2, -0.15) is 5.26 Å². The van der Waals surface area contributed by atoms with Gasteiger partial charge in [0.2, 0.25) is 0 Å². The largest absolute Gasteiger partial charge is 0.299 e. The Morgan fingerprint density at radius 2 is 2.13 bits per heavy atom. The summed E-state index contributed by atoms with van der Waals surface area (Å²) in [4.78, 5) is 24.3. The number of hydrogen-bond acceptors (Lipinski definition) is 4. The maximum atomic E-state index is 11.5. The van der Waals surface area contributed by atoms with Gasteiger partial charge in [0, 0.05) is 17.7 Å². The maximum Gasteiger partial charge on any atom is 0.173 e. The van der Waals surface area contributed by atoms with Crippen molar-refractivity contribution in [2.24, 2.45) is 0 Å². The highest BCUT2D eigenvalue weighted by molar-refractivity contribution is 7.14. The van der Waals surface area contributed by atoms with Crippen LogP contribution in [0.15, 0.2) is 12.1 Å². The summed E-state index contributed by atoms with van der Waals surface area (Å²) in [5.74, 6) is -0.182. The fourth-order valence-electron chi connectivity index (χ4n) is 1.14. The zero-order valence-corrected chi connectivity index (χ0v) is 9.26. The third kappa shape index (κ3) is 3.64. The summed E-state index contributed by atoms with van der Waals surface area (Å²) >= 11 is 1.44. The first kappa shape index (κ1) is 11.6. The van der Waals surface area contributed by atoms with Crippen molar-refractivity contribution in [1.29, 1.82) is 5.26 Å². The molecule has 0 bridgehead atoms. The van der Waals surface area contributed by atoms with Gasteiger partial charge in [-0.25, -0.2) is 0 Å². The second-order valence-corrected chi connectivity index (χ2v) is 4.49. The Bertz CT molecular complexity index is 414. The highest BCUT2D eigenvalue weighted by Gasteiger charge is 2.10. The minimum absolute atomic E-state index is 0.0145. The molecular formula is C11H11NO2S. The fourth-order valence-corrected chi connectivity index (χ4v) is 1.97. The Hall–Kier alpha value is -1.47. The SMILES string of the molecule is Cc1ccc(C(=O)CCC(=O)CC#N)s1. The van der Waals surface area contributed by atoms with Crippen molar-refractivity contribution >= 4 is 22.9 Å². The van der Waals surface area contributed by atoms with Gasteiger partial charge in [-0.1, -0.05) is 0 Å². The third-order valence-corrected chi connectivity index (χ3v) is 2.96. The van der Waals surface area contributed by atoms with Crippen molar-refractivity contribution in [3.8, 4) is 6.07 Å². The number of ketones is 2. The van der Waals surface area contributed by atoms with Gasteiger partial charge in [0.25, 0.3) is 0 Å².